The highest BCUT2D eigenvalue weighted by molar-refractivity contribution is 5.91. The summed E-state index contributed by atoms with van der Waals surface area (Å²) in [6.07, 6.45) is 9.32. The number of aliphatic hydroxyl groups excluding tert-OH is 1. The highest BCUT2D eigenvalue weighted by Crippen LogP contribution is 2.29. The zero-order valence-electron chi connectivity index (χ0n) is 15.7. The van der Waals surface area contributed by atoms with Crippen LogP contribution in [0.5, 0.6) is 0 Å². The third-order valence-electron chi connectivity index (χ3n) is 4.77. The van der Waals surface area contributed by atoms with Crippen molar-refractivity contribution in [3.05, 3.63) is 54.1 Å². The maximum Gasteiger partial charge on any atom is 0.246 e. The molecule has 1 saturated heterocycles. The van der Waals surface area contributed by atoms with E-state index in [2.05, 4.69) is 15.0 Å². The molecule has 3 heterocycles. The van der Waals surface area contributed by atoms with Crippen molar-refractivity contribution in [2.75, 3.05) is 32.1 Å². The van der Waals surface area contributed by atoms with Crippen LogP contribution >= 0.6 is 0 Å². The predicted molar refractivity (Wildman–Crippen MR) is 104 cm³/mol. The van der Waals surface area contributed by atoms with Crippen molar-refractivity contribution in [3.8, 4) is 0 Å². The minimum Gasteiger partial charge on any atom is -0.387 e. The van der Waals surface area contributed by atoms with E-state index in [-0.39, 0.29) is 11.8 Å². The number of carbonyl (C=O) groups is 1. The van der Waals surface area contributed by atoms with E-state index >= 15 is 0 Å². The summed E-state index contributed by atoms with van der Waals surface area (Å²) in [5.74, 6) is 0.726. The van der Waals surface area contributed by atoms with Crippen LogP contribution in [0.25, 0.3) is 6.08 Å². The quantitative estimate of drug-likeness (QED) is 0.813. The van der Waals surface area contributed by atoms with E-state index in [0.717, 1.165) is 18.4 Å². The Morgan fingerprint density at radius 1 is 1.22 bits per heavy atom. The number of carbonyl (C=O) groups excluding carboxylic acids is 1. The maximum atomic E-state index is 12.4. The van der Waals surface area contributed by atoms with Gasteiger partial charge in [-0.3, -0.25) is 9.78 Å². The molecule has 1 fully saturated rings. The Morgan fingerprint density at radius 2 is 1.93 bits per heavy atom. The number of piperidine rings is 1. The van der Waals surface area contributed by atoms with Gasteiger partial charge >= 0.3 is 0 Å². The third kappa shape index (κ3) is 4.89. The molecule has 0 bridgehead atoms. The van der Waals surface area contributed by atoms with Crippen LogP contribution < -0.4 is 4.90 Å². The molecule has 1 aliphatic heterocycles. The van der Waals surface area contributed by atoms with E-state index in [0.29, 0.717) is 24.7 Å². The molecule has 7 nitrogen and oxygen atoms in total. The molecule has 0 saturated carbocycles. The molecule has 1 N–H and O–H groups in total. The predicted octanol–water partition coefficient (Wildman–Crippen LogP) is 1.92. The van der Waals surface area contributed by atoms with E-state index in [1.54, 1.807) is 30.7 Å². The second-order valence-electron chi connectivity index (χ2n) is 6.91. The Hall–Kier alpha value is -2.80. The molecule has 0 spiro atoms. The molecule has 7 heteroatoms. The van der Waals surface area contributed by atoms with Crippen LogP contribution in [0.4, 0.5) is 5.95 Å². The van der Waals surface area contributed by atoms with Crippen molar-refractivity contribution < 1.29 is 9.90 Å². The number of anilines is 1. The van der Waals surface area contributed by atoms with Crippen molar-refractivity contribution in [1.82, 2.24) is 19.9 Å². The van der Waals surface area contributed by atoms with Gasteiger partial charge in [0.25, 0.3) is 0 Å². The van der Waals surface area contributed by atoms with Crippen LogP contribution in [0.1, 0.15) is 30.2 Å². The number of nitrogens with zero attached hydrogens (tertiary/aromatic N) is 5. The van der Waals surface area contributed by atoms with Gasteiger partial charge in [-0.05, 0) is 37.0 Å². The Bertz CT molecular complexity index is 769. The highest BCUT2D eigenvalue weighted by atomic mass is 16.3. The first-order chi connectivity index (χ1) is 13.0. The van der Waals surface area contributed by atoms with Crippen LogP contribution in [0, 0.1) is 5.92 Å². The number of amides is 1. The van der Waals surface area contributed by atoms with Crippen LogP contribution in [0.3, 0.4) is 0 Å². The number of likely N-dealkylation sites (tertiary alicyclic amines) is 1. The van der Waals surface area contributed by atoms with E-state index < -0.39 is 6.10 Å². The van der Waals surface area contributed by atoms with Gasteiger partial charge in [0.1, 0.15) is 0 Å². The minimum absolute atomic E-state index is 0.0301. The smallest absolute Gasteiger partial charge is 0.246 e. The van der Waals surface area contributed by atoms with Gasteiger partial charge < -0.3 is 14.9 Å². The van der Waals surface area contributed by atoms with Crippen LogP contribution in [-0.2, 0) is 4.79 Å². The minimum atomic E-state index is -0.577. The average molecular weight is 367 g/mol. The molecule has 2 aromatic heterocycles. The van der Waals surface area contributed by atoms with E-state index in [1.807, 2.05) is 42.1 Å². The number of pyridine rings is 1. The first kappa shape index (κ1) is 19.0. The SMILES string of the molecule is CN(C)c1ncc(C=CC(=O)N2CCC(C(O)c3ccccn3)CC2)cn1. The molecule has 1 amide bonds. The van der Waals surface area contributed by atoms with Crippen molar-refractivity contribution in [2.45, 2.75) is 18.9 Å². The number of rotatable bonds is 5. The van der Waals surface area contributed by atoms with Crippen molar-refractivity contribution >= 4 is 17.9 Å². The summed E-state index contributed by atoms with van der Waals surface area (Å²) in [5, 5.41) is 10.5. The lowest BCUT2D eigenvalue weighted by atomic mass is 9.89. The van der Waals surface area contributed by atoms with Crippen LogP contribution in [-0.4, -0.2) is 58.1 Å². The zero-order chi connectivity index (χ0) is 19.2. The lowest BCUT2D eigenvalue weighted by Crippen LogP contribution is -2.39. The van der Waals surface area contributed by atoms with Gasteiger partial charge in [0, 0.05) is 57.4 Å². The summed E-state index contributed by atoms with van der Waals surface area (Å²) >= 11 is 0. The van der Waals surface area contributed by atoms with E-state index in [1.165, 1.54) is 0 Å². The Labute approximate surface area is 159 Å². The van der Waals surface area contributed by atoms with Gasteiger partial charge in [0.05, 0.1) is 11.8 Å². The van der Waals surface area contributed by atoms with Gasteiger partial charge in [-0.15, -0.1) is 0 Å². The van der Waals surface area contributed by atoms with Gasteiger partial charge in [-0.25, -0.2) is 9.97 Å². The molecule has 27 heavy (non-hydrogen) atoms. The van der Waals surface area contributed by atoms with E-state index in [4.69, 9.17) is 0 Å². The van der Waals surface area contributed by atoms with Gasteiger partial charge in [0.2, 0.25) is 11.9 Å². The van der Waals surface area contributed by atoms with Gasteiger partial charge in [0.15, 0.2) is 0 Å². The summed E-state index contributed by atoms with van der Waals surface area (Å²) < 4.78 is 0. The van der Waals surface area contributed by atoms with E-state index in [9.17, 15) is 9.90 Å². The number of hydrogen-bond acceptors (Lipinski definition) is 6. The van der Waals surface area contributed by atoms with Gasteiger partial charge in [-0.1, -0.05) is 6.07 Å². The summed E-state index contributed by atoms with van der Waals surface area (Å²) in [6, 6.07) is 5.56. The third-order valence-corrected chi connectivity index (χ3v) is 4.77. The summed E-state index contributed by atoms with van der Waals surface area (Å²) in [5.41, 5.74) is 1.48. The molecule has 1 unspecified atom stereocenters. The molecule has 142 valence electrons. The topological polar surface area (TPSA) is 82.5 Å². The first-order valence-electron chi connectivity index (χ1n) is 9.10. The lowest BCUT2D eigenvalue weighted by Gasteiger charge is -2.33. The Morgan fingerprint density at radius 3 is 2.52 bits per heavy atom. The fourth-order valence-corrected chi connectivity index (χ4v) is 3.15. The maximum absolute atomic E-state index is 12.4. The molecular weight excluding hydrogens is 342 g/mol. The number of aromatic nitrogens is 3. The molecule has 1 aliphatic rings. The Kier molecular flexibility index (Phi) is 6.13. The van der Waals surface area contributed by atoms with Crippen molar-refractivity contribution in [3.63, 3.8) is 0 Å². The molecule has 0 aromatic carbocycles. The van der Waals surface area contributed by atoms with Gasteiger partial charge in [-0.2, -0.15) is 0 Å². The molecule has 1 atom stereocenters. The molecule has 2 aromatic rings. The fourth-order valence-electron chi connectivity index (χ4n) is 3.15. The number of hydrogen-bond donors (Lipinski definition) is 1. The summed E-state index contributed by atoms with van der Waals surface area (Å²) in [6.45, 7) is 1.27. The van der Waals surface area contributed by atoms with Crippen molar-refractivity contribution in [1.29, 1.82) is 0 Å². The van der Waals surface area contributed by atoms with Crippen LogP contribution in [0.15, 0.2) is 42.9 Å². The zero-order valence-corrected chi connectivity index (χ0v) is 15.7. The second-order valence-corrected chi connectivity index (χ2v) is 6.91. The largest absolute Gasteiger partial charge is 0.387 e. The molecule has 3 rings (SSSR count). The fraction of sp³-hybridized carbons (Fsp3) is 0.400. The Balaban J connectivity index is 1.52. The molecule has 0 radical (unpaired) electrons. The summed E-state index contributed by atoms with van der Waals surface area (Å²) in [7, 11) is 3.76. The first-order valence-corrected chi connectivity index (χ1v) is 9.10. The normalized spacial score (nSPS) is 16.5. The molecular formula is C20H25N5O2. The second kappa shape index (κ2) is 8.73. The van der Waals surface area contributed by atoms with Crippen LogP contribution in [0.2, 0.25) is 0 Å². The number of aliphatic hydroxyl groups is 1. The monoisotopic (exact) mass is 367 g/mol. The summed E-state index contributed by atoms with van der Waals surface area (Å²) in [4.78, 5) is 28.7. The lowest BCUT2D eigenvalue weighted by molar-refractivity contribution is -0.127. The standard InChI is InChI=1S/C20H25N5O2/c1-24(2)20-22-13-15(14-23-20)6-7-18(26)25-11-8-16(9-12-25)19(27)17-5-3-4-10-21-17/h3-7,10,13-14,16,19,27H,8-9,11-12H2,1-2H3. The van der Waals surface area contributed by atoms with Crippen molar-refractivity contribution in [2.24, 2.45) is 5.92 Å². The highest BCUT2D eigenvalue weighted by Gasteiger charge is 2.28. The average Bonchev–Trinajstić information content (AvgIpc) is 2.72. The molecule has 0 aliphatic carbocycles.